The second kappa shape index (κ2) is 10.3. The van der Waals surface area contributed by atoms with Crippen molar-refractivity contribution in [2.45, 2.75) is 24.9 Å². The van der Waals surface area contributed by atoms with Crippen molar-refractivity contribution < 1.29 is 22.7 Å². The molecule has 2 aromatic heterocycles. The Bertz CT molecular complexity index is 1680. The van der Waals surface area contributed by atoms with Crippen molar-refractivity contribution in [3.63, 3.8) is 0 Å². The van der Waals surface area contributed by atoms with Gasteiger partial charge >= 0.3 is 6.36 Å². The van der Waals surface area contributed by atoms with Crippen molar-refractivity contribution in [2.24, 2.45) is 0 Å². The van der Waals surface area contributed by atoms with Gasteiger partial charge in [0.25, 0.3) is 5.56 Å². The van der Waals surface area contributed by atoms with Gasteiger partial charge < -0.3 is 15.0 Å². The fraction of sp³-hybridized carbons (Fsp3) is 0.148. The van der Waals surface area contributed by atoms with Gasteiger partial charge in [0.1, 0.15) is 16.8 Å². The number of nitrogens with one attached hydrogen (secondary N) is 2. The summed E-state index contributed by atoms with van der Waals surface area (Å²) in [5.41, 5.74) is 3.01. The summed E-state index contributed by atoms with van der Waals surface area (Å²) in [4.78, 5) is 34.1. The number of amides is 1. The van der Waals surface area contributed by atoms with Crippen LogP contribution in [0.25, 0.3) is 27.6 Å². The number of H-pyrrole nitrogens is 1. The van der Waals surface area contributed by atoms with Gasteiger partial charge in [-0.15, -0.1) is 13.2 Å². The van der Waals surface area contributed by atoms with Crippen molar-refractivity contribution in [1.29, 1.82) is 0 Å². The summed E-state index contributed by atoms with van der Waals surface area (Å²) in [5, 5.41) is 3.78. The molecule has 0 aliphatic carbocycles. The molecule has 0 fully saturated rings. The fourth-order valence-electron chi connectivity index (χ4n) is 4.01. The number of hydrogen-bond donors (Lipinski definition) is 2. The zero-order valence-corrected chi connectivity index (χ0v) is 20.8. The molecule has 0 saturated heterocycles. The van der Waals surface area contributed by atoms with E-state index >= 15 is 0 Å². The van der Waals surface area contributed by atoms with Crippen LogP contribution in [0.2, 0.25) is 0 Å². The molecule has 0 unspecified atom stereocenters. The largest absolute Gasteiger partial charge is 0.573 e. The number of hydrogen-bond acceptors (Lipinski definition) is 5. The van der Waals surface area contributed by atoms with E-state index in [2.05, 4.69) is 20.0 Å². The van der Waals surface area contributed by atoms with Crippen LogP contribution in [0, 0.1) is 0 Å². The summed E-state index contributed by atoms with van der Waals surface area (Å²) in [5.74, 6) is -0.768. The summed E-state index contributed by atoms with van der Waals surface area (Å²) >= 11 is 1.05. The van der Waals surface area contributed by atoms with Crippen LogP contribution in [0.3, 0.4) is 0 Å². The van der Waals surface area contributed by atoms with Crippen molar-refractivity contribution >= 4 is 45.3 Å². The summed E-state index contributed by atoms with van der Waals surface area (Å²) in [6, 6.07) is 19.7. The molecule has 0 aliphatic rings. The molecule has 0 aliphatic heterocycles. The Kier molecular flexibility index (Phi) is 6.85. The molecule has 5 rings (SSSR count). The first-order valence-corrected chi connectivity index (χ1v) is 12.6. The number of rotatable bonds is 7. The van der Waals surface area contributed by atoms with E-state index in [1.807, 2.05) is 55.5 Å². The van der Waals surface area contributed by atoms with Gasteiger partial charge in [0.2, 0.25) is 5.91 Å². The van der Waals surface area contributed by atoms with Crippen LogP contribution < -0.4 is 15.6 Å². The lowest BCUT2D eigenvalue weighted by Gasteiger charge is -2.14. The predicted molar refractivity (Wildman–Crippen MR) is 141 cm³/mol. The number of carbonyl (C=O) groups is 1. The van der Waals surface area contributed by atoms with E-state index in [9.17, 15) is 22.8 Å². The quantitative estimate of drug-likeness (QED) is 0.194. The number of ether oxygens (including phenoxy) is 1. The van der Waals surface area contributed by atoms with Crippen LogP contribution in [0.15, 0.2) is 82.7 Å². The number of fused-ring (bicyclic) bond motifs is 3. The molecule has 38 heavy (non-hydrogen) atoms. The minimum absolute atomic E-state index is 0.0505. The average Bonchev–Trinajstić information content (AvgIpc) is 3.27. The Labute approximate surface area is 218 Å². The summed E-state index contributed by atoms with van der Waals surface area (Å²) < 4.78 is 43.0. The first-order valence-electron chi connectivity index (χ1n) is 11.6. The maximum atomic E-state index is 13.6. The van der Waals surface area contributed by atoms with Gasteiger partial charge in [-0.05, 0) is 54.4 Å². The lowest BCUT2D eigenvalue weighted by molar-refractivity contribution is -0.274. The Morgan fingerprint density at radius 3 is 2.45 bits per heavy atom. The topological polar surface area (TPSA) is 89.0 Å². The van der Waals surface area contributed by atoms with Crippen molar-refractivity contribution in [1.82, 2.24) is 14.5 Å². The number of para-hydroxylation sites is 1. The fourth-order valence-corrected chi connectivity index (χ4v) is 4.82. The molecule has 0 saturated carbocycles. The third-order valence-corrected chi connectivity index (χ3v) is 6.74. The molecule has 1 amide bonds. The molecule has 5 aromatic rings. The SMILES string of the molecule is CCc1ccc(NC(=O)CSc2nc3c([nH]c4ccccc43)c(=O)n2-c2ccc(OC(F)(F)F)cc2)cc1. The van der Waals surface area contributed by atoms with Crippen molar-refractivity contribution in [3.8, 4) is 11.4 Å². The molecule has 2 N–H and O–H groups in total. The number of benzene rings is 3. The highest BCUT2D eigenvalue weighted by Crippen LogP contribution is 2.28. The number of anilines is 1. The molecule has 0 atom stereocenters. The van der Waals surface area contributed by atoms with Gasteiger partial charge in [0.15, 0.2) is 5.16 Å². The normalized spacial score (nSPS) is 11.7. The summed E-state index contributed by atoms with van der Waals surface area (Å²) in [7, 11) is 0. The van der Waals surface area contributed by atoms with Crippen LogP contribution in [0.4, 0.5) is 18.9 Å². The molecule has 194 valence electrons. The zero-order chi connectivity index (χ0) is 26.9. The van der Waals surface area contributed by atoms with Gasteiger partial charge in [0, 0.05) is 16.6 Å². The highest BCUT2D eigenvalue weighted by Gasteiger charge is 2.31. The molecular weight excluding hydrogens is 517 g/mol. The monoisotopic (exact) mass is 538 g/mol. The molecule has 11 heteroatoms. The smallest absolute Gasteiger partial charge is 0.406 e. The van der Waals surface area contributed by atoms with Gasteiger partial charge in [0.05, 0.1) is 11.4 Å². The molecular formula is C27H21F3N4O3S. The molecule has 7 nitrogen and oxygen atoms in total. The second-order valence-corrected chi connectivity index (χ2v) is 9.30. The Morgan fingerprint density at radius 2 is 1.76 bits per heavy atom. The van der Waals surface area contributed by atoms with Gasteiger partial charge in [-0.25, -0.2) is 4.98 Å². The van der Waals surface area contributed by atoms with Crippen molar-refractivity contribution in [3.05, 3.63) is 88.7 Å². The van der Waals surface area contributed by atoms with Crippen LogP contribution in [-0.2, 0) is 11.2 Å². The van der Waals surface area contributed by atoms with E-state index in [-0.39, 0.29) is 28.0 Å². The highest BCUT2D eigenvalue weighted by atomic mass is 32.2. The minimum atomic E-state index is -4.84. The molecule has 0 spiro atoms. The number of aromatic nitrogens is 3. The van der Waals surface area contributed by atoms with Crippen LogP contribution >= 0.6 is 11.8 Å². The van der Waals surface area contributed by atoms with E-state index in [1.165, 1.54) is 16.7 Å². The van der Waals surface area contributed by atoms with Gasteiger partial charge in [-0.2, -0.15) is 0 Å². The maximum absolute atomic E-state index is 13.6. The minimum Gasteiger partial charge on any atom is -0.406 e. The Hall–Kier alpha value is -4.25. The number of thioether (sulfide) groups is 1. The predicted octanol–water partition coefficient (Wildman–Crippen LogP) is 6.06. The summed E-state index contributed by atoms with van der Waals surface area (Å²) in [6.07, 6.45) is -3.96. The number of aromatic amines is 1. The Morgan fingerprint density at radius 1 is 1.05 bits per heavy atom. The van der Waals surface area contributed by atoms with E-state index in [1.54, 1.807) is 0 Å². The van der Waals surface area contributed by atoms with E-state index < -0.39 is 17.7 Å². The second-order valence-electron chi connectivity index (χ2n) is 8.36. The van der Waals surface area contributed by atoms with Crippen LogP contribution in [-0.4, -0.2) is 32.6 Å². The number of halogens is 3. The van der Waals surface area contributed by atoms with Crippen LogP contribution in [0.5, 0.6) is 5.75 Å². The number of aryl methyl sites for hydroxylation is 1. The van der Waals surface area contributed by atoms with Gasteiger partial charge in [-0.1, -0.05) is 49.0 Å². The number of nitrogens with zero attached hydrogens (tertiary/aromatic N) is 2. The number of alkyl halides is 3. The van der Waals surface area contributed by atoms with E-state index in [0.717, 1.165) is 41.3 Å². The standard InChI is InChI=1S/C27H21F3N4O3S/c1-2-16-7-9-17(10-8-16)31-22(35)15-38-26-33-23-20-5-3-4-6-21(20)32-24(23)25(36)34(26)18-11-13-19(14-12-18)37-27(28,29)30/h3-14,32H,2,15H2,1H3,(H,31,35). The van der Waals surface area contributed by atoms with Crippen molar-refractivity contribution in [2.75, 3.05) is 11.1 Å². The highest BCUT2D eigenvalue weighted by molar-refractivity contribution is 7.99. The van der Waals surface area contributed by atoms with Gasteiger partial charge in [-0.3, -0.25) is 14.2 Å². The molecule has 0 radical (unpaired) electrons. The zero-order valence-electron chi connectivity index (χ0n) is 20.0. The van der Waals surface area contributed by atoms with E-state index in [0.29, 0.717) is 16.7 Å². The molecule has 2 heterocycles. The number of carbonyl (C=O) groups excluding carboxylic acids is 1. The third kappa shape index (κ3) is 5.37. The van der Waals surface area contributed by atoms with Crippen LogP contribution in [0.1, 0.15) is 12.5 Å². The Balaban J connectivity index is 1.50. The average molecular weight is 539 g/mol. The molecule has 3 aromatic carbocycles. The lowest BCUT2D eigenvalue weighted by Crippen LogP contribution is -2.23. The molecule has 0 bridgehead atoms. The maximum Gasteiger partial charge on any atom is 0.573 e. The third-order valence-electron chi connectivity index (χ3n) is 5.80. The lowest BCUT2D eigenvalue weighted by atomic mass is 10.1. The van der Waals surface area contributed by atoms with E-state index in [4.69, 9.17) is 0 Å². The summed E-state index contributed by atoms with van der Waals surface area (Å²) in [6.45, 7) is 2.04. The first-order chi connectivity index (χ1) is 18.2. The first kappa shape index (κ1) is 25.4.